The molecule has 124 valence electrons. The number of rotatable bonds is 5. The van der Waals surface area contributed by atoms with Gasteiger partial charge in [-0.3, -0.25) is 4.79 Å². The van der Waals surface area contributed by atoms with Crippen LogP contribution < -0.4 is 5.32 Å². The molecule has 3 heterocycles. The molecule has 1 amide bonds. The van der Waals surface area contributed by atoms with Gasteiger partial charge in [0.1, 0.15) is 11.3 Å². The Morgan fingerprint density at radius 3 is 3.00 bits per heavy atom. The lowest BCUT2D eigenvalue weighted by molar-refractivity contribution is 0.0951. The number of tetrazole rings is 1. The number of nitrogens with one attached hydrogen (secondary N) is 1. The molecular weight excluding hydrogens is 326 g/mol. The minimum Gasteiger partial charge on any atom is -0.350 e. The fraction of sp³-hybridized carbons (Fsp3) is 0.400. The Kier molecular flexibility index (Phi) is 4.08. The fourth-order valence-electron chi connectivity index (χ4n) is 3.01. The number of hydrogen-bond acceptors (Lipinski definition) is 6. The van der Waals surface area contributed by atoms with Crippen molar-refractivity contribution in [2.45, 2.75) is 32.2 Å². The highest BCUT2D eigenvalue weighted by Gasteiger charge is 2.26. The van der Waals surface area contributed by atoms with Crippen LogP contribution in [0, 0.1) is 0 Å². The molecule has 8 nitrogen and oxygen atoms in total. The van der Waals surface area contributed by atoms with E-state index < -0.39 is 0 Å². The van der Waals surface area contributed by atoms with E-state index in [1.54, 1.807) is 34.9 Å². The van der Waals surface area contributed by atoms with Gasteiger partial charge in [0.15, 0.2) is 0 Å². The van der Waals surface area contributed by atoms with Crippen molar-refractivity contribution in [3.63, 3.8) is 0 Å². The van der Waals surface area contributed by atoms with E-state index in [-0.39, 0.29) is 5.91 Å². The van der Waals surface area contributed by atoms with E-state index in [4.69, 9.17) is 0 Å². The molecule has 0 unspecified atom stereocenters. The second-order valence-electron chi connectivity index (χ2n) is 5.70. The van der Waals surface area contributed by atoms with Gasteiger partial charge in [-0.25, -0.2) is 4.98 Å². The van der Waals surface area contributed by atoms with Crippen LogP contribution in [0.25, 0.3) is 5.00 Å². The summed E-state index contributed by atoms with van der Waals surface area (Å²) in [6.45, 7) is 1.24. The van der Waals surface area contributed by atoms with Crippen LogP contribution in [0.15, 0.2) is 25.0 Å². The maximum Gasteiger partial charge on any atom is 0.254 e. The third-order valence-corrected chi connectivity index (χ3v) is 5.43. The van der Waals surface area contributed by atoms with Gasteiger partial charge in [-0.15, -0.1) is 16.4 Å². The number of hydrogen-bond donors (Lipinski definition) is 1. The monoisotopic (exact) mass is 343 g/mol. The number of fused-ring (bicyclic) bond motifs is 1. The van der Waals surface area contributed by atoms with Crippen molar-refractivity contribution in [2.75, 3.05) is 6.54 Å². The lowest BCUT2D eigenvalue weighted by Crippen LogP contribution is -2.28. The Bertz CT molecular complexity index is 823. The van der Waals surface area contributed by atoms with Crippen LogP contribution in [0.2, 0.25) is 0 Å². The minimum atomic E-state index is -0.0555. The van der Waals surface area contributed by atoms with E-state index >= 15 is 0 Å². The number of carbonyl (C=O) groups is 1. The SMILES string of the molecule is O=C(NCCn1ccnc1)c1c(-n2cnnn2)sc2c1CCCC2. The zero-order valence-corrected chi connectivity index (χ0v) is 13.9. The Hall–Kier alpha value is -2.55. The molecule has 0 radical (unpaired) electrons. The summed E-state index contributed by atoms with van der Waals surface area (Å²) in [6.07, 6.45) is 11.1. The predicted octanol–water partition coefficient (Wildman–Crippen LogP) is 1.23. The molecular formula is C15H17N7OS. The quantitative estimate of drug-likeness (QED) is 0.752. The second kappa shape index (κ2) is 6.52. The molecule has 0 spiro atoms. The zero-order valence-electron chi connectivity index (χ0n) is 13.1. The van der Waals surface area contributed by atoms with E-state index in [0.717, 1.165) is 35.4 Å². The number of imidazole rings is 1. The third-order valence-electron chi connectivity index (χ3n) is 4.15. The third kappa shape index (κ3) is 2.82. The van der Waals surface area contributed by atoms with Gasteiger partial charge in [-0.05, 0) is 41.7 Å². The molecule has 0 bridgehead atoms. The molecule has 24 heavy (non-hydrogen) atoms. The Labute approximate surface area is 142 Å². The minimum absolute atomic E-state index is 0.0555. The molecule has 3 aromatic heterocycles. The summed E-state index contributed by atoms with van der Waals surface area (Å²) in [5.74, 6) is -0.0555. The Morgan fingerprint density at radius 2 is 2.21 bits per heavy atom. The summed E-state index contributed by atoms with van der Waals surface area (Å²) in [5.41, 5.74) is 1.89. The Morgan fingerprint density at radius 1 is 1.29 bits per heavy atom. The lowest BCUT2D eigenvalue weighted by atomic mass is 9.95. The molecule has 0 aromatic carbocycles. The van der Waals surface area contributed by atoms with Crippen LogP contribution >= 0.6 is 11.3 Å². The van der Waals surface area contributed by atoms with Crippen molar-refractivity contribution in [1.29, 1.82) is 0 Å². The largest absolute Gasteiger partial charge is 0.350 e. The molecule has 1 N–H and O–H groups in total. The first kappa shape index (κ1) is 15.0. The van der Waals surface area contributed by atoms with Gasteiger partial charge >= 0.3 is 0 Å². The van der Waals surface area contributed by atoms with Crippen molar-refractivity contribution in [2.24, 2.45) is 0 Å². The molecule has 1 aliphatic rings. The van der Waals surface area contributed by atoms with Gasteiger partial charge in [0.05, 0.1) is 11.9 Å². The van der Waals surface area contributed by atoms with Crippen LogP contribution in [-0.2, 0) is 19.4 Å². The van der Waals surface area contributed by atoms with Crippen LogP contribution in [0.5, 0.6) is 0 Å². The van der Waals surface area contributed by atoms with Crippen molar-refractivity contribution >= 4 is 17.2 Å². The first-order valence-corrected chi connectivity index (χ1v) is 8.76. The number of aromatic nitrogens is 6. The summed E-state index contributed by atoms with van der Waals surface area (Å²) >= 11 is 1.62. The number of nitrogens with zero attached hydrogens (tertiary/aromatic N) is 6. The number of thiophene rings is 1. The molecule has 0 saturated heterocycles. The van der Waals surface area contributed by atoms with Gasteiger partial charge in [-0.2, -0.15) is 4.68 Å². The van der Waals surface area contributed by atoms with Crippen molar-refractivity contribution < 1.29 is 4.79 Å². The summed E-state index contributed by atoms with van der Waals surface area (Å²) in [7, 11) is 0. The molecule has 3 aromatic rings. The summed E-state index contributed by atoms with van der Waals surface area (Å²) in [6, 6.07) is 0. The summed E-state index contributed by atoms with van der Waals surface area (Å²) < 4.78 is 3.53. The van der Waals surface area contributed by atoms with Crippen molar-refractivity contribution in [1.82, 2.24) is 35.1 Å². The number of aryl methyl sites for hydroxylation is 1. The highest BCUT2D eigenvalue weighted by Crippen LogP contribution is 2.36. The standard InChI is InChI=1S/C15H17N7OS/c23-14(17-6-8-21-7-5-16-9-21)13-11-3-1-2-4-12(11)24-15(13)22-10-18-19-20-22/h5,7,9-10H,1-4,6,8H2,(H,17,23). The molecule has 0 atom stereocenters. The maximum atomic E-state index is 12.8. The topological polar surface area (TPSA) is 90.5 Å². The van der Waals surface area contributed by atoms with Crippen LogP contribution in [0.3, 0.4) is 0 Å². The van der Waals surface area contributed by atoms with Gasteiger partial charge in [0, 0.05) is 30.4 Å². The lowest BCUT2D eigenvalue weighted by Gasteiger charge is -2.13. The average Bonchev–Trinajstić information content (AvgIpc) is 3.34. The van der Waals surface area contributed by atoms with Gasteiger partial charge < -0.3 is 9.88 Å². The fourth-order valence-corrected chi connectivity index (χ4v) is 4.31. The van der Waals surface area contributed by atoms with Crippen LogP contribution in [0.4, 0.5) is 0 Å². The smallest absolute Gasteiger partial charge is 0.254 e. The van der Waals surface area contributed by atoms with Crippen LogP contribution in [0.1, 0.15) is 33.6 Å². The predicted molar refractivity (Wildman–Crippen MR) is 88.2 cm³/mol. The normalized spacial score (nSPS) is 13.7. The first-order chi connectivity index (χ1) is 11.8. The van der Waals surface area contributed by atoms with Gasteiger partial charge in [0.25, 0.3) is 5.91 Å². The number of amides is 1. The van der Waals surface area contributed by atoms with E-state index in [1.165, 1.54) is 11.3 Å². The second-order valence-corrected chi connectivity index (χ2v) is 6.79. The highest BCUT2D eigenvalue weighted by molar-refractivity contribution is 7.15. The molecule has 4 rings (SSSR count). The molecule has 0 saturated carbocycles. The van der Waals surface area contributed by atoms with E-state index in [1.807, 2.05) is 10.8 Å². The molecule has 0 aliphatic heterocycles. The zero-order chi connectivity index (χ0) is 16.4. The van der Waals surface area contributed by atoms with E-state index in [0.29, 0.717) is 13.1 Å². The summed E-state index contributed by atoms with van der Waals surface area (Å²) in [5, 5.41) is 15.2. The Balaban J connectivity index is 1.58. The van der Waals surface area contributed by atoms with Gasteiger partial charge in [-0.1, -0.05) is 0 Å². The first-order valence-electron chi connectivity index (χ1n) is 7.95. The summed E-state index contributed by atoms with van der Waals surface area (Å²) in [4.78, 5) is 18.1. The van der Waals surface area contributed by atoms with Crippen molar-refractivity contribution in [3.8, 4) is 5.00 Å². The van der Waals surface area contributed by atoms with Gasteiger partial charge in [0.2, 0.25) is 0 Å². The van der Waals surface area contributed by atoms with E-state index in [2.05, 4.69) is 25.8 Å². The molecule has 1 aliphatic carbocycles. The average molecular weight is 343 g/mol. The number of carbonyl (C=O) groups excluding carboxylic acids is 1. The van der Waals surface area contributed by atoms with Crippen molar-refractivity contribution in [3.05, 3.63) is 41.1 Å². The van der Waals surface area contributed by atoms with Crippen LogP contribution in [-0.4, -0.2) is 42.2 Å². The highest BCUT2D eigenvalue weighted by atomic mass is 32.1. The molecule has 0 fully saturated rings. The molecule has 9 heteroatoms. The maximum absolute atomic E-state index is 12.8. The van der Waals surface area contributed by atoms with E-state index in [9.17, 15) is 4.79 Å².